The lowest BCUT2D eigenvalue weighted by Gasteiger charge is -2.18. The van der Waals surface area contributed by atoms with E-state index in [1.165, 1.54) is 12.0 Å². The van der Waals surface area contributed by atoms with Gasteiger partial charge in [0.05, 0.1) is 5.69 Å². The highest BCUT2D eigenvalue weighted by Gasteiger charge is 2.36. The molecule has 3 nitrogen and oxygen atoms in total. The summed E-state index contributed by atoms with van der Waals surface area (Å²) >= 11 is 6.34. The number of aromatic nitrogens is 2. The Bertz CT molecular complexity index is 556. The fourth-order valence-electron chi connectivity index (χ4n) is 3.38. The number of carbonyl (C=O) groups excluding carboxylic acids is 1. The van der Waals surface area contributed by atoms with E-state index < -0.39 is 0 Å². The molecule has 3 rings (SSSR count). The number of hydrogen-bond donors (Lipinski definition) is 0. The van der Waals surface area contributed by atoms with E-state index in [0.717, 1.165) is 36.1 Å². The van der Waals surface area contributed by atoms with Crippen LogP contribution in [-0.4, -0.2) is 15.6 Å². The van der Waals surface area contributed by atoms with E-state index in [-0.39, 0.29) is 5.92 Å². The zero-order chi connectivity index (χ0) is 12.9. The van der Waals surface area contributed by atoms with Gasteiger partial charge >= 0.3 is 0 Å². The van der Waals surface area contributed by atoms with E-state index in [4.69, 9.17) is 11.6 Å². The van der Waals surface area contributed by atoms with Gasteiger partial charge in [0.2, 0.25) is 0 Å². The Balaban J connectivity index is 2.08. The summed E-state index contributed by atoms with van der Waals surface area (Å²) in [6, 6.07) is 0. The van der Waals surface area contributed by atoms with Crippen molar-refractivity contribution in [2.24, 2.45) is 7.05 Å². The lowest BCUT2D eigenvalue weighted by molar-refractivity contribution is -0.115. The average molecular weight is 265 g/mol. The molecule has 0 saturated heterocycles. The fourth-order valence-corrected chi connectivity index (χ4v) is 3.69. The Labute approximate surface area is 112 Å². The summed E-state index contributed by atoms with van der Waals surface area (Å²) in [6.45, 7) is 1.98. The maximum atomic E-state index is 12.1. The number of allylic oxidation sites excluding steroid dienone is 2. The topological polar surface area (TPSA) is 34.9 Å². The van der Waals surface area contributed by atoms with Crippen molar-refractivity contribution in [1.29, 1.82) is 0 Å². The first-order chi connectivity index (χ1) is 8.59. The third kappa shape index (κ3) is 1.64. The second-order valence-corrected chi connectivity index (χ2v) is 5.66. The van der Waals surface area contributed by atoms with Gasteiger partial charge in [-0.25, -0.2) is 0 Å². The Morgan fingerprint density at radius 1 is 1.33 bits per heavy atom. The number of ketones is 1. The SMILES string of the molecule is Cc1nn(C)c(Cl)c1C1CC(=O)C2=C1CCCC2. The van der Waals surface area contributed by atoms with E-state index >= 15 is 0 Å². The van der Waals surface area contributed by atoms with E-state index in [1.807, 2.05) is 14.0 Å². The number of hydrogen-bond acceptors (Lipinski definition) is 2. The van der Waals surface area contributed by atoms with Gasteiger partial charge in [-0.1, -0.05) is 17.2 Å². The summed E-state index contributed by atoms with van der Waals surface area (Å²) in [7, 11) is 1.85. The number of rotatable bonds is 1. The summed E-state index contributed by atoms with van der Waals surface area (Å²) in [5.41, 5.74) is 4.45. The van der Waals surface area contributed by atoms with Gasteiger partial charge in [-0.2, -0.15) is 5.10 Å². The van der Waals surface area contributed by atoms with Crippen LogP contribution in [0.15, 0.2) is 11.1 Å². The maximum Gasteiger partial charge on any atom is 0.159 e. The van der Waals surface area contributed by atoms with Gasteiger partial charge in [0.15, 0.2) is 5.78 Å². The smallest absolute Gasteiger partial charge is 0.159 e. The molecule has 1 aromatic heterocycles. The van der Waals surface area contributed by atoms with Crippen molar-refractivity contribution in [3.63, 3.8) is 0 Å². The third-order valence-corrected chi connectivity index (χ3v) is 4.65. The van der Waals surface area contributed by atoms with Crippen molar-refractivity contribution in [2.75, 3.05) is 0 Å². The van der Waals surface area contributed by atoms with Crippen LogP contribution in [0, 0.1) is 6.92 Å². The Kier molecular flexibility index (Phi) is 2.81. The minimum Gasteiger partial charge on any atom is -0.295 e. The molecule has 1 atom stereocenters. The molecular weight excluding hydrogens is 248 g/mol. The first-order valence-electron chi connectivity index (χ1n) is 6.53. The van der Waals surface area contributed by atoms with Gasteiger partial charge in [-0.05, 0) is 38.2 Å². The fraction of sp³-hybridized carbons (Fsp3) is 0.571. The van der Waals surface area contributed by atoms with Crippen molar-refractivity contribution in [3.8, 4) is 0 Å². The Morgan fingerprint density at radius 3 is 2.72 bits per heavy atom. The largest absolute Gasteiger partial charge is 0.295 e. The van der Waals surface area contributed by atoms with Crippen molar-refractivity contribution < 1.29 is 4.79 Å². The summed E-state index contributed by atoms with van der Waals surface area (Å²) < 4.78 is 1.71. The molecule has 96 valence electrons. The van der Waals surface area contributed by atoms with Crippen molar-refractivity contribution in [3.05, 3.63) is 27.6 Å². The molecule has 2 aliphatic carbocycles. The van der Waals surface area contributed by atoms with Gasteiger partial charge in [0, 0.05) is 24.9 Å². The van der Waals surface area contributed by atoms with Crippen LogP contribution in [-0.2, 0) is 11.8 Å². The molecular formula is C14H17ClN2O. The molecule has 0 aliphatic heterocycles. The normalized spacial score (nSPS) is 23.7. The molecule has 0 radical (unpaired) electrons. The van der Waals surface area contributed by atoms with Crippen LogP contribution in [0.1, 0.15) is 49.3 Å². The highest BCUT2D eigenvalue weighted by atomic mass is 35.5. The van der Waals surface area contributed by atoms with Gasteiger partial charge in [-0.15, -0.1) is 0 Å². The molecule has 0 N–H and O–H groups in total. The Hall–Kier alpha value is -1.09. The molecule has 18 heavy (non-hydrogen) atoms. The monoisotopic (exact) mass is 264 g/mol. The van der Waals surface area contributed by atoms with Crippen LogP contribution in [0.5, 0.6) is 0 Å². The molecule has 0 fully saturated rings. The standard InChI is InChI=1S/C14H17ClN2O/c1-8-13(14(15)17(2)16-8)11-7-12(18)10-6-4-3-5-9(10)11/h11H,3-7H2,1-2H3. The minimum absolute atomic E-state index is 0.189. The molecule has 0 aromatic carbocycles. The molecule has 0 amide bonds. The van der Waals surface area contributed by atoms with Crippen LogP contribution in [0.25, 0.3) is 0 Å². The van der Waals surface area contributed by atoms with Crippen molar-refractivity contribution >= 4 is 17.4 Å². The van der Waals surface area contributed by atoms with Gasteiger partial charge in [-0.3, -0.25) is 9.48 Å². The number of halogens is 1. The molecule has 4 heteroatoms. The second-order valence-electron chi connectivity index (χ2n) is 5.30. The number of nitrogens with zero attached hydrogens (tertiary/aromatic N) is 2. The van der Waals surface area contributed by atoms with E-state index in [0.29, 0.717) is 17.4 Å². The number of carbonyl (C=O) groups is 1. The van der Waals surface area contributed by atoms with Crippen LogP contribution in [0.2, 0.25) is 5.15 Å². The van der Waals surface area contributed by atoms with E-state index in [1.54, 1.807) is 4.68 Å². The first kappa shape index (κ1) is 12.0. The first-order valence-corrected chi connectivity index (χ1v) is 6.91. The lowest BCUT2D eigenvalue weighted by atomic mass is 9.86. The van der Waals surface area contributed by atoms with Crippen LogP contribution in [0.4, 0.5) is 0 Å². The number of Topliss-reactive ketones (excluding diaryl/α,β-unsaturated/α-hetero) is 1. The predicted octanol–water partition coefficient (Wildman–Crippen LogP) is 3.31. The molecule has 1 unspecified atom stereocenters. The van der Waals surface area contributed by atoms with Crippen LogP contribution < -0.4 is 0 Å². The van der Waals surface area contributed by atoms with Crippen molar-refractivity contribution in [1.82, 2.24) is 9.78 Å². The van der Waals surface area contributed by atoms with Gasteiger partial charge in [0.1, 0.15) is 5.15 Å². The van der Waals surface area contributed by atoms with Crippen molar-refractivity contribution in [2.45, 2.75) is 44.9 Å². The highest BCUT2D eigenvalue weighted by Crippen LogP contribution is 2.46. The summed E-state index contributed by atoms with van der Waals surface area (Å²) in [6.07, 6.45) is 4.95. The molecule has 2 aliphatic rings. The van der Waals surface area contributed by atoms with E-state index in [2.05, 4.69) is 5.10 Å². The lowest BCUT2D eigenvalue weighted by Crippen LogP contribution is -2.03. The highest BCUT2D eigenvalue weighted by molar-refractivity contribution is 6.30. The summed E-state index contributed by atoms with van der Waals surface area (Å²) in [4.78, 5) is 12.1. The van der Waals surface area contributed by atoms with Gasteiger partial charge < -0.3 is 0 Å². The number of aryl methyl sites for hydroxylation is 2. The minimum atomic E-state index is 0.189. The quantitative estimate of drug-likeness (QED) is 0.780. The maximum absolute atomic E-state index is 12.1. The Morgan fingerprint density at radius 2 is 2.06 bits per heavy atom. The van der Waals surface area contributed by atoms with Crippen LogP contribution in [0.3, 0.4) is 0 Å². The summed E-state index contributed by atoms with van der Waals surface area (Å²) in [5.74, 6) is 0.517. The second kappa shape index (κ2) is 4.23. The summed E-state index contributed by atoms with van der Waals surface area (Å²) in [5, 5.41) is 5.05. The molecule has 0 bridgehead atoms. The molecule has 0 spiro atoms. The third-order valence-electron chi connectivity index (χ3n) is 4.20. The average Bonchev–Trinajstić information content (AvgIpc) is 2.79. The molecule has 1 heterocycles. The van der Waals surface area contributed by atoms with E-state index in [9.17, 15) is 4.79 Å². The predicted molar refractivity (Wildman–Crippen MR) is 70.8 cm³/mol. The molecule has 0 saturated carbocycles. The zero-order valence-electron chi connectivity index (χ0n) is 10.8. The zero-order valence-corrected chi connectivity index (χ0v) is 11.5. The molecule has 1 aromatic rings. The van der Waals surface area contributed by atoms with Gasteiger partial charge in [0.25, 0.3) is 0 Å². The van der Waals surface area contributed by atoms with Crippen LogP contribution >= 0.6 is 11.6 Å².